The zero-order valence-corrected chi connectivity index (χ0v) is 47.1. The number of carbonyl (C=O) groups is 6. The molecule has 0 saturated carbocycles. The number of ether oxygens (including phenoxy) is 4. The lowest BCUT2D eigenvalue weighted by Gasteiger charge is -2.28. The molecule has 3 saturated heterocycles. The first-order valence-electron chi connectivity index (χ1n) is 26.0. The van der Waals surface area contributed by atoms with Gasteiger partial charge in [0.2, 0.25) is 23.7 Å². The van der Waals surface area contributed by atoms with Crippen molar-refractivity contribution in [1.82, 2.24) is 60.5 Å². The van der Waals surface area contributed by atoms with Crippen LogP contribution in [0, 0.1) is 5.92 Å². The van der Waals surface area contributed by atoms with Gasteiger partial charge in [-0.15, -0.1) is 5.10 Å². The molecule has 39 nitrogen and oxygen atoms in total. The van der Waals surface area contributed by atoms with Gasteiger partial charge in [0.25, 0.3) is 5.56 Å². The van der Waals surface area contributed by atoms with Gasteiger partial charge in [-0.1, -0.05) is 31.1 Å². The Balaban J connectivity index is 0.880. The molecule has 7 heterocycles. The second kappa shape index (κ2) is 27.7. The lowest BCUT2D eigenvalue weighted by atomic mass is 10.0. The van der Waals surface area contributed by atoms with Crippen molar-refractivity contribution >= 4 is 91.1 Å². The minimum Gasteiger partial charge on any atom is -0.461 e. The number of benzene rings is 1. The third kappa shape index (κ3) is 15.9. The van der Waals surface area contributed by atoms with E-state index in [0.717, 1.165) is 10.9 Å². The van der Waals surface area contributed by atoms with Gasteiger partial charge in [-0.3, -0.25) is 56.2 Å². The normalized spacial score (nSPS) is 25.5. The van der Waals surface area contributed by atoms with E-state index in [2.05, 4.69) is 66.7 Å². The number of H-pyrrole nitrogens is 1. The zero-order valence-electron chi connectivity index (χ0n) is 45.3. The van der Waals surface area contributed by atoms with Crippen LogP contribution in [0.1, 0.15) is 57.6 Å². The number of phosphoric ester groups is 2. The second-order valence-electron chi connectivity index (χ2n) is 19.6. The summed E-state index contributed by atoms with van der Waals surface area (Å²) >= 11 is 0. The third-order valence-electron chi connectivity index (χ3n) is 13.1. The summed E-state index contributed by atoms with van der Waals surface area (Å²) in [6.07, 6.45) is -11.6. The maximum atomic E-state index is 13.9. The molecule has 6 amide bonds. The molecule has 2 unspecified atom stereocenters. The van der Waals surface area contributed by atoms with Crippen molar-refractivity contribution in [3.05, 3.63) is 69.5 Å². The quantitative estimate of drug-likeness (QED) is 0.0107. The number of imidazole rings is 2. The van der Waals surface area contributed by atoms with Gasteiger partial charge in [-0.2, -0.15) is 10.1 Å². The molecule has 0 spiro atoms. The van der Waals surface area contributed by atoms with E-state index in [9.17, 15) is 57.6 Å². The van der Waals surface area contributed by atoms with E-state index in [4.69, 9.17) is 59.8 Å². The number of urea groups is 1. The van der Waals surface area contributed by atoms with E-state index in [1.165, 1.54) is 29.2 Å². The number of alkyl carbamates (subject to hydrolysis) is 1. The molecule has 8 rings (SSSR count). The summed E-state index contributed by atoms with van der Waals surface area (Å²) in [5.74, 6) is -3.58. The molecular weight excluding hydrogens is 1190 g/mol. The van der Waals surface area contributed by atoms with Gasteiger partial charge in [0.05, 0.1) is 37.8 Å². The molecule has 3 fully saturated rings. The predicted molar refractivity (Wildman–Crippen MR) is 289 cm³/mol. The van der Waals surface area contributed by atoms with Gasteiger partial charge in [-0.25, -0.2) is 28.7 Å². The van der Waals surface area contributed by atoms with Crippen LogP contribution in [0.3, 0.4) is 0 Å². The Hall–Kier alpha value is -8.45. The first-order chi connectivity index (χ1) is 40.9. The number of aromatic nitrogens is 8. The molecule has 0 aliphatic carbocycles. The van der Waals surface area contributed by atoms with Gasteiger partial charge in [0.15, 0.2) is 35.4 Å². The smallest absolute Gasteiger partial charge is 0.461 e. The Bertz CT molecular complexity index is 3530. The average molecular weight is 1250 g/mol. The van der Waals surface area contributed by atoms with Crippen molar-refractivity contribution in [2.45, 2.75) is 107 Å². The highest BCUT2D eigenvalue weighted by Crippen LogP contribution is 2.54. The molecule has 1 aromatic carbocycles. The van der Waals surface area contributed by atoms with Crippen molar-refractivity contribution in [3.8, 4) is 0 Å². The molecule has 12 atom stereocenters. The summed E-state index contributed by atoms with van der Waals surface area (Å²) in [5, 5.41) is 35.0. The molecule has 5 aromatic rings. The summed E-state index contributed by atoms with van der Waals surface area (Å²) in [7, 11) is -10.6. The maximum Gasteiger partial charge on any atom is 0.472 e. The Labute approximate surface area is 483 Å². The monoisotopic (exact) mass is 1250 g/mol. The second-order valence-corrected chi connectivity index (χ2v) is 22.4. The number of nitrogen functional groups attached to an aromatic ring is 2. The summed E-state index contributed by atoms with van der Waals surface area (Å²) < 4.78 is 74.5. The number of amides is 6. The number of primary amides is 1. The Morgan fingerprint density at radius 1 is 0.895 bits per heavy atom. The lowest BCUT2D eigenvalue weighted by Crippen LogP contribution is -2.55. The number of nitrogens with zero attached hydrogens (tertiary/aromatic N) is 10. The highest BCUT2D eigenvalue weighted by Gasteiger charge is 2.56. The van der Waals surface area contributed by atoms with Crippen LogP contribution < -0.4 is 49.3 Å². The number of anilines is 3. The first kappa shape index (κ1) is 63.6. The third-order valence-corrected chi connectivity index (χ3v) is 15.1. The lowest BCUT2D eigenvalue weighted by molar-refractivity contribution is -0.145. The maximum absolute atomic E-state index is 13.9. The topological polar surface area (TPSA) is 565 Å². The van der Waals surface area contributed by atoms with Crippen molar-refractivity contribution in [3.63, 3.8) is 0 Å². The van der Waals surface area contributed by atoms with E-state index in [1.807, 2.05) is 0 Å². The number of phosphoric acid groups is 2. The van der Waals surface area contributed by atoms with E-state index in [0.29, 0.717) is 5.56 Å². The summed E-state index contributed by atoms with van der Waals surface area (Å²) in [6.45, 7) is 0.438. The fourth-order valence-corrected chi connectivity index (χ4v) is 11.0. The minimum absolute atomic E-state index is 0.0281. The van der Waals surface area contributed by atoms with Crippen molar-refractivity contribution < 1.29 is 89.8 Å². The number of aromatic amines is 1. The molecule has 15 N–H and O–H groups in total. The highest BCUT2D eigenvalue weighted by atomic mass is 31.2. The molecule has 3 aliphatic heterocycles. The number of carbonyl (C=O) groups excluding carboxylic acids is 6. The molecule has 0 bridgehead atoms. The molecular formula is C45H59N19O20P2. The van der Waals surface area contributed by atoms with Crippen LogP contribution in [-0.2, 0) is 72.0 Å². The van der Waals surface area contributed by atoms with Gasteiger partial charge in [0, 0.05) is 30.1 Å². The number of hydrogen-bond acceptors (Lipinski definition) is 26. The SMILES string of the molecule is CC(C)[C@H](NC(=O)CN=[N+]=[N-])C(=O)N[C@@H](CCCNC(N)=O)C(=O)Nc1ccc(COC(=O)CCCNC(=O)O[C@@H]2[C@@H]3OP(=O)(O)OC[C@H]4O[C@@H](n5cnc6c(N)cnnc65)[C@H](O)[C@@H]4OP(=O)(O)OC[C@H]3O[C@H]2n2cnc3c(=O)[nH]c(N)nc32)cc1. The largest absolute Gasteiger partial charge is 0.472 e. The number of hydrogen-bond donors (Lipinski definition) is 12. The first-order valence-corrected chi connectivity index (χ1v) is 29.0. The highest BCUT2D eigenvalue weighted by molar-refractivity contribution is 7.47. The van der Waals surface area contributed by atoms with Crippen molar-refractivity contribution in [2.75, 3.05) is 49.6 Å². The van der Waals surface area contributed by atoms with E-state index in [-0.39, 0.29) is 85.0 Å². The van der Waals surface area contributed by atoms with E-state index < -0.39 is 144 Å². The van der Waals surface area contributed by atoms with Crippen LogP contribution in [-0.4, -0.2) is 172 Å². The van der Waals surface area contributed by atoms with Gasteiger partial charge >= 0.3 is 33.7 Å². The van der Waals surface area contributed by atoms with E-state index >= 15 is 0 Å². The Morgan fingerprint density at radius 2 is 1.55 bits per heavy atom. The van der Waals surface area contributed by atoms with Crippen LogP contribution in [0.4, 0.5) is 26.9 Å². The molecule has 3 aliphatic rings. The summed E-state index contributed by atoms with van der Waals surface area (Å²) in [6, 6.07) is 3.06. The number of rotatable bonds is 21. The molecule has 86 heavy (non-hydrogen) atoms. The Morgan fingerprint density at radius 3 is 2.23 bits per heavy atom. The number of aliphatic hydroxyl groups is 1. The van der Waals surface area contributed by atoms with Crippen LogP contribution >= 0.6 is 15.6 Å². The molecule has 464 valence electrons. The van der Waals surface area contributed by atoms with Gasteiger partial charge in [0.1, 0.15) is 61.3 Å². The zero-order chi connectivity index (χ0) is 62.0. The van der Waals surface area contributed by atoms with Crippen LogP contribution in [0.25, 0.3) is 32.8 Å². The summed E-state index contributed by atoms with van der Waals surface area (Å²) in [4.78, 5) is 129. The minimum atomic E-state index is -5.37. The number of nitrogens with two attached hydrogens (primary N) is 3. The molecule has 4 aromatic heterocycles. The van der Waals surface area contributed by atoms with Crippen molar-refractivity contribution in [2.24, 2.45) is 16.8 Å². The van der Waals surface area contributed by atoms with E-state index in [1.54, 1.807) is 26.0 Å². The fourth-order valence-electron chi connectivity index (χ4n) is 9.05. The van der Waals surface area contributed by atoms with Gasteiger partial charge in [-0.05, 0) is 48.4 Å². The standard InChI is InChI=1S/C45H59N19O20P2/c1-20(2)29(58-27(65)14-55-62-49)39(69)57-24(5-3-11-50-44(48)71)38(68)56-22-9-7-21(8-10-22)15-77-28(66)6-4-12-51-45(72)82-35-34-26(81-42(35)63-19-53-31-36(63)59-43(47)60-40(31)70)17-79-85(73,74)83-33-25(16-78-86(75,76)84-34)80-41(32(33)67)64-18-52-30-23(46)13-54-61-37(30)64/h7-10,13,18-20,24-26,29,32-35,41-42,67H,3-6,11-12,14-17H2,1-2H3,(H2,46,61)(H,51,72)(H,56,68)(H,57,69)(H,58,65)(H,73,74)(H,75,76)(H3,48,50,71)(H3,47,59,60,70)/t24-,25+,26+,29-,32+,33+,34+,35+,41+,42+/m0/s1. The average Bonchev–Trinajstić information content (AvgIpc) is 2.43. The van der Waals surface area contributed by atoms with Crippen LogP contribution in [0.5, 0.6) is 0 Å². The predicted octanol–water partition coefficient (Wildman–Crippen LogP) is -0.761. The summed E-state index contributed by atoms with van der Waals surface area (Å²) in [5.41, 5.74) is 25.3. The number of azide groups is 1. The molecule has 0 radical (unpaired) electrons. The van der Waals surface area contributed by atoms with Gasteiger partial charge < -0.3 is 77.6 Å². The number of fused-ring (bicyclic) bond motifs is 4. The Kier molecular flexibility index (Phi) is 20.5. The number of aliphatic hydroxyl groups excluding tert-OH is 1. The van der Waals surface area contributed by atoms with Crippen LogP contribution in [0.2, 0.25) is 0 Å². The molecule has 41 heteroatoms. The fraction of sp³-hybridized carbons (Fsp3) is 0.511. The van der Waals surface area contributed by atoms with Crippen LogP contribution in [0.15, 0.2) is 53.0 Å². The number of nitrogens with one attached hydrogen (secondary N) is 6. The van der Waals surface area contributed by atoms with Crippen molar-refractivity contribution in [1.29, 1.82) is 0 Å². The number of esters is 1.